The molecule has 0 amide bonds. The van der Waals surface area contributed by atoms with Crippen molar-refractivity contribution in [1.82, 2.24) is 4.72 Å². The van der Waals surface area contributed by atoms with Crippen molar-refractivity contribution in [2.45, 2.75) is 10.9 Å². The SMILES string of the molecule is O=S(=O)(NC(CCl)c1ccccc1)c1ccccc1F. The third kappa shape index (κ3) is 3.36. The van der Waals surface area contributed by atoms with Gasteiger partial charge in [-0.1, -0.05) is 42.5 Å². The number of sulfonamides is 1. The summed E-state index contributed by atoms with van der Waals surface area (Å²) in [5, 5.41) is 0. The van der Waals surface area contributed by atoms with E-state index in [0.29, 0.717) is 0 Å². The van der Waals surface area contributed by atoms with E-state index >= 15 is 0 Å². The van der Waals surface area contributed by atoms with Gasteiger partial charge in [0, 0.05) is 5.88 Å². The molecule has 1 N–H and O–H groups in total. The number of nitrogens with one attached hydrogen (secondary N) is 1. The van der Waals surface area contributed by atoms with Gasteiger partial charge in [-0.05, 0) is 17.7 Å². The maximum Gasteiger partial charge on any atom is 0.244 e. The van der Waals surface area contributed by atoms with Crippen LogP contribution >= 0.6 is 11.6 Å². The monoisotopic (exact) mass is 313 g/mol. The zero-order valence-corrected chi connectivity index (χ0v) is 12.0. The van der Waals surface area contributed by atoms with Crippen LogP contribution < -0.4 is 4.72 Å². The lowest BCUT2D eigenvalue weighted by atomic mass is 10.1. The van der Waals surface area contributed by atoms with Crippen molar-refractivity contribution < 1.29 is 12.8 Å². The smallest absolute Gasteiger partial charge is 0.207 e. The fourth-order valence-corrected chi connectivity index (χ4v) is 3.44. The Morgan fingerprint density at radius 2 is 1.65 bits per heavy atom. The van der Waals surface area contributed by atoms with E-state index in [4.69, 9.17) is 11.6 Å². The van der Waals surface area contributed by atoms with Crippen LogP contribution in [-0.4, -0.2) is 14.3 Å². The maximum absolute atomic E-state index is 13.6. The largest absolute Gasteiger partial charge is 0.244 e. The van der Waals surface area contributed by atoms with E-state index in [2.05, 4.69) is 4.72 Å². The number of halogens is 2. The second kappa shape index (κ2) is 6.35. The first-order valence-electron chi connectivity index (χ1n) is 5.92. The van der Waals surface area contributed by atoms with Crippen LogP contribution in [0.3, 0.4) is 0 Å². The van der Waals surface area contributed by atoms with Gasteiger partial charge in [-0.3, -0.25) is 0 Å². The van der Waals surface area contributed by atoms with Crippen LogP contribution in [0.2, 0.25) is 0 Å². The molecule has 0 fully saturated rings. The van der Waals surface area contributed by atoms with E-state index in [-0.39, 0.29) is 10.8 Å². The number of alkyl halides is 1. The van der Waals surface area contributed by atoms with Gasteiger partial charge in [0.1, 0.15) is 10.7 Å². The van der Waals surface area contributed by atoms with E-state index in [1.54, 1.807) is 24.3 Å². The molecule has 2 aromatic rings. The maximum atomic E-state index is 13.6. The molecule has 106 valence electrons. The molecule has 20 heavy (non-hydrogen) atoms. The molecule has 1 atom stereocenters. The highest BCUT2D eigenvalue weighted by Crippen LogP contribution is 2.20. The summed E-state index contributed by atoms with van der Waals surface area (Å²) in [7, 11) is -3.96. The Morgan fingerprint density at radius 3 is 2.25 bits per heavy atom. The zero-order chi connectivity index (χ0) is 14.6. The summed E-state index contributed by atoms with van der Waals surface area (Å²) in [6, 6.07) is 13.5. The van der Waals surface area contributed by atoms with E-state index in [1.165, 1.54) is 18.2 Å². The summed E-state index contributed by atoms with van der Waals surface area (Å²) in [6.45, 7) is 0. The normalized spacial score (nSPS) is 13.1. The standard InChI is InChI=1S/C14H13ClFNO2S/c15-10-13(11-6-2-1-3-7-11)17-20(18,19)14-9-5-4-8-12(14)16/h1-9,13,17H,10H2. The Kier molecular flexibility index (Phi) is 4.75. The fraction of sp³-hybridized carbons (Fsp3) is 0.143. The third-order valence-electron chi connectivity index (χ3n) is 2.78. The fourth-order valence-electron chi connectivity index (χ4n) is 1.79. The minimum atomic E-state index is -3.96. The number of hydrogen-bond acceptors (Lipinski definition) is 2. The molecule has 0 saturated heterocycles. The molecule has 0 aromatic heterocycles. The van der Waals surface area contributed by atoms with Crippen molar-refractivity contribution in [1.29, 1.82) is 0 Å². The highest BCUT2D eigenvalue weighted by Gasteiger charge is 2.23. The molecular weight excluding hydrogens is 301 g/mol. The second-order valence-corrected chi connectivity index (χ2v) is 6.16. The molecule has 6 heteroatoms. The minimum Gasteiger partial charge on any atom is -0.207 e. The number of benzene rings is 2. The Morgan fingerprint density at radius 1 is 1.05 bits per heavy atom. The Labute approximate surface area is 122 Å². The predicted molar refractivity (Wildman–Crippen MR) is 76.6 cm³/mol. The van der Waals surface area contributed by atoms with Crippen molar-refractivity contribution in [3.63, 3.8) is 0 Å². The van der Waals surface area contributed by atoms with Gasteiger partial charge in [-0.25, -0.2) is 17.5 Å². The Hall–Kier alpha value is -1.43. The summed E-state index contributed by atoms with van der Waals surface area (Å²) in [5.74, 6) is -0.737. The van der Waals surface area contributed by atoms with Crippen LogP contribution in [0.25, 0.3) is 0 Å². The molecule has 0 saturated carbocycles. The molecule has 3 nitrogen and oxygen atoms in total. The van der Waals surface area contributed by atoms with Gasteiger partial charge in [0.25, 0.3) is 0 Å². The Balaban J connectivity index is 2.30. The quantitative estimate of drug-likeness (QED) is 0.862. The second-order valence-electron chi connectivity index (χ2n) is 4.17. The van der Waals surface area contributed by atoms with E-state index in [9.17, 15) is 12.8 Å². The van der Waals surface area contributed by atoms with E-state index < -0.39 is 21.9 Å². The molecule has 0 aliphatic rings. The molecule has 0 aliphatic carbocycles. The summed E-state index contributed by atoms with van der Waals surface area (Å²) in [5.41, 5.74) is 0.724. The molecule has 0 heterocycles. The molecule has 0 aliphatic heterocycles. The topological polar surface area (TPSA) is 46.2 Å². The van der Waals surface area contributed by atoms with Crippen molar-refractivity contribution in [2.75, 3.05) is 5.88 Å². The highest BCUT2D eigenvalue weighted by atomic mass is 35.5. The van der Waals surface area contributed by atoms with Crippen LogP contribution in [0.1, 0.15) is 11.6 Å². The lowest BCUT2D eigenvalue weighted by molar-refractivity contribution is 0.547. The first-order chi connectivity index (χ1) is 9.54. The van der Waals surface area contributed by atoms with Gasteiger partial charge < -0.3 is 0 Å². The van der Waals surface area contributed by atoms with Crippen molar-refractivity contribution in [3.8, 4) is 0 Å². The predicted octanol–water partition coefficient (Wildman–Crippen LogP) is 3.08. The summed E-state index contributed by atoms with van der Waals surface area (Å²) in [6.07, 6.45) is 0. The van der Waals surface area contributed by atoms with Gasteiger partial charge in [0.2, 0.25) is 10.0 Å². The molecule has 0 bridgehead atoms. The van der Waals surface area contributed by atoms with E-state index in [0.717, 1.165) is 11.6 Å². The average molecular weight is 314 g/mol. The molecule has 1 unspecified atom stereocenters. The van der Waals surface area contributed by atoms with Gasteiger partial charge in [-0.2, -0.15) is 0 Å². The summed E-state index contributed by atoms with van der Waals surface area (Å²) >= 11 is 5.81. The summed E-state index contributed by atoms with van der Waals surface area (Å²) in [4.78, 5) is -0.383. The van der Waals surface area contributed by atoms with Crippen molar-refractivity contribution >= 4 is 21.6 Å². The Bertz CT molecular complexity index is 677. The van der Waals surface area contributed by atoms with Crippen LogP contribution in [0.4, 0.5) is 4.39 Å². The average Bonchev–Trinajstić information content (AvgIpc) is 2.46. The third-order valence-corrected chi connectivity index (χ3v) is 4.59. The van der Waals surface area contributed by atoms with Crippen molar-refractivity contribution in [2.24, 2.45) is 0 Å². The molecule has 0 radical (unpaired) electrons. The van der Waals surface area contributed by atoms with Gasteiger partial charge in [-0.15, -0.1) is 11.6 Å². The number of hydrogen-bond donors (Lipinski definition) is 1. The lowest BCUT2D eigenvalue weighted by Crippen LogP contribution is -2.30. The molecular formula is C14H13ClFNO2S. The van der Waals surface area contributed by atoms with Crippen LogP contribution in [-0.2, 0) is 10.0 Å². The van der Waals surface area contributed by atoms with Gasteiger partial charge in [0.15, 0.2) is 0 Å². The highest BCUT2D eigenvalue weighted by molar-refractivity contribution is 7.89. The first-order valence-corrected chi connectivity index (χ1v) is 7.94. The van der Waals surface area contributed by atoms with Crippen LogP contribution in [0, 0.1) is 5.82 Å². The van der Waals surface area contributed by atoms with Gasteiger partial charge in [0.05, 0.1) is 6.04 Å². The van der Waals surface area contributed by atoms with Crippen LogP contribution in [0.15, 0.2) is 59.5 Å². The zero-order valence-electron chi connectivity index (χ0n) is 10.5. The van der Waals surface area contributed by atoms with Crippen molar-refractivity contribution in [3.05, 3.63) is 66.0 Å². The minimum absolute atomic E-state index is 0.0533. The molecule has 2 aromatic carbocycles. The lowest BCUT2D eigenvalue weighted by Gasteiger charge is -2.16. The molecule has 0 spiro atoms. The van der Waals surface area contributed by atoms with E-state index in [1.807, 2.05) is 6.07 Å². The number of rotatable bonds is 5. The summed E-state index contributed by atoms with van der Waals surface area (Å²) < 4.78 is 40.4. The first kappa shape index (κ1) is 15.0. The van der Waals surface area contributed by atoms with Crippen LogP contribution in [0.5, 0.6) is 0 Å². The molecule has 2 rings (SSSR count). The van der Waals surface area contributed by atoms with Gasteiger partial charge >= 0.3 is 0 Å².